The number of halogens is 2. The van der Waals surface area contributed by atoms with Crippen molar-refractivity contribution in [1.29, 1.82) is 0 Å². The summed E-state index contributed by atoms with van der Waals surface area (Å²) in [4.78, 5) is 37.1. The molecule has 160 valence electrons. The first-order chi connectivity index (χ1) is 14.9. The van der Waals surface area contributed by atoms with Gasteiger partial charge in [0.2, 0.25) is 5.91 Å². The van der Waals surface area contributed by atoms with Crippen LogP contribution in [0.4, 0.5) is 5.82 Å². The highest BCUT2D eigenvalue weighted by atomic mass is 35.5. The predicted octanol–water partition coefficient (Wildman–Crippen LogP) is 3.72. The number of amides is 2. The largest absolute Gasteiger partial charge is 0.462 e. The van der Waals surface area contributed by atoms with Crippen molar-refractivity contribution < 1.29 is 19.1 Å². The molecule has 0 atom stereocenters. The van der Waals surface area contributed by atoms with Gasteiger partial charge in [-0.15, -0.1) is 0 Å². The number of benzene rings is 2. The molecule has 0 spiro atoms. The van der Waals surface area contributed by atoms with Gasteiger partial charge in [0, 0.05) is 5.02 Å². The van der Waals surface area contributed by atoms with Gasteiger partial charge in [-0.05, 0) is 37.3 Å². The molecule has 3 rings (SSSR count). The lowest BCUT2D eigenvalue weighted by Crippen LogP contribution is -2.33. The third-order valence-corrected chi connectivity index (χ3v) is 4.66. The lowest BCUT2D eigenvalue weighted by molar-refractivity contribution is -0.115. The number of esters is 1. The number of nitrogens with one attached hydrogen (secondary N) is 2. The van der Waals surface area contributed by atoms with E-state index in [0.717, 1.165) is 0 Å². The molecule has 0 fully saturated rings. The Balaban J connectivity index is 1.77. The molecule has 0 aliphatic heterocycles. The molecule has 0 unspecified atom stereocenters. The summed E-state index contributed by atoms with van der Waals surface area (Å²) in [6.45, 7) is 1.48. The molecule has 0 aliphatic rings. The summed E-state index contributed by atoms with van der Waals surface area (Å²) < 4.78 is 6.44. The molecule has 0 bridgehead atoms. The van der Waals surface area contributed by atoms with E-state index in [1.165, 1.54) is 29.1 Å². The second-order valence-electron chi connectivity index (χ2n) is 6.23. The minimum absolute atomic E-state index is 0.0890. The number of rotatable bonds is 7. The van der Waals surface area contributed by atoms with Crippen molar-refractivity contribution in [3.63, 3.8) is 0 Å². The Labute approximate surface area is 188 Å². The number of ether oxygens (including phenoxy) is 1. The first-order valence-corrected chi connectivity index (χ1v) is 10.00. The van der Waals surface area contributed by atoms with Crippen molar-refractivity contribution in [3.8, 4) is 5.69 Å². The van der Waals surface area contributed by atoms with E-state index >= 15 is 0 Å². The van der Waals surface area contributed by atoms with Crippen LogP contribution in [-0.2, 0) is 9.53 Å². The highest BCUT2D eigenvalue weighted by molar-refractivity contribution is 6.36. The van der Waals surface area contributed by atoms with Crippen LogP contribution in [0.1, 0.15) is 27.6 Å². The van der Waals surface area contributed by atoms with Gasteiger partial charge in [0.25, 0.3) is 5.91 Å². The molecular weight excluding hydrogens is 443 g/mol. The van der Waals surface area contributed by atoms with Crippen LogP contribution >= 0.6 is 23.2 Å². The second kappa shape index (κ2) is 10.1. The Morgan fingerprint density at radius 3 is 2.48 bits per heavy atom. The number of anilines is 1. The third kappa shape index (κ3) is 5.42. The third-order valence-electron chi connectivity index (χ3n) is 4.11. The summed E-state index contributed by atoms with van der Waals surface area (Å²) in [6, 6.07) is 13.4. The van der Waals surface area contributed by atoms with Crippen LogP contribution in [0.25, 0.3) is 5.69 Å². The fraction of sp³-hybridized carbons (Fsp3) is 0.143. The minimum atomic E-state index is -0.628. The molecule has 2 amide bonds. The smallest absolute Gasteiger partial charge is 0.343 e. The van der Waals surface area contributed by atoms with Gasteiger partial charge in [0.15, 0.2) is 5.82 Å². The lowest BCUT2D eigenvalue weighted by Gasteiger charge is -2.12. The molecular formula is C21H18Cl2N4O4. The van der Waals surface area contributed by atoms with Crippen molar-refractivity contribution in [2.24, 2.45) is 0 Å². The SMILES string of the molecule is CCOC(=O)c1cnn(-c2ccccc2)c1NC(=O)CNC(=O)c1ccc(Cl)cc1Cl. The quantitative estimate of drug-likeness (QED) is 0.523. The van der Waals surface area contributed by atoms with E-state index in [-0.39, 0.29) is 35.1 Å². The van der Waals surface area contributed by atoms with Crippen molar-refractivity contribution >= 4 is 46.8 Å². The Hall–Kier alpha value is -3.36. The van der Waals surface area contributed by atoms with Gasteiger partial charge in [0.05, 0.1) is 35.6 Å². The Morgan fingerprint density at radius 1 is 1.06 bits per heavy atom. The maximum Gasteiger partial charge on any atom is 0.343 e. The maximum atomic E-state index is 12.5. The monoisotopic (exact) mass is 460 g/mol. The van der Waals surface area contributed by atoms with Crippen LogP contribution in [0.2, 0.25) is 10.0 Å². The summed E-state index contributed by atoms with van der Waals surface area (Å²) in [7, 11) is 0. The van der Waals surface area contributed by atoms with Gasteiger partial charge in [-0.25, -0.2) is 9.48 Å². The molecule has 2 N–H and O–H groups in total. The van der Waals surface area contributed by atoms with Crippen molar-refractivity contribution in [2.45, 2.75) is 6.92 Å². The lowest BCUT2D eigenvalue weighted by atomic mass is 10.2. The zero-order valence-corrected chi connectivity index (χ0v) is 17.9. The van der Waals surface area contributed by atoms with Gasteiger partial charge >= 0.3 is 5.97 Å². The zero-order chi connectivity index (χ0) is 22.4. The molecule has 0 aliphatic carbocycles. The van der Waals surface area contributed by atoms with E-state index in [0.29, 0.717) is 10.7 Å². The molecule has 3 aromatic rings. The summed E-state index contributed by atoms with van der Waals surface area (Å²) in [5.74, 6) is -1.61. The van der Waals surface area contributed by atoms with Crippen LogP contribution in [0.3, 0.4) is 0 Å². The Kier molecular flexibility index (Phi) is 7.28. The molecule has 0 saturated heterocycles. The van der Waals surface area contributed by atoms with Crippen LogP contribution in [0.15, 0.2) is 54.7 Å². The Bertz CT molecular complexity index is 1120. The van der Waals surface area contributed by atoms with Crippen LogP contribution in [0, 0.1) is 0 Å². The summed E-state index contributed by atoms with van der Waals surface area (Å²) in [5, 5.41) is 9.84. The molecule has 10 heteroatoms. The van der Waals surface area contributed by atoms with E-state index in [1.54, 1.807) is 31.2 Å². The molecule has 0 saturated carbocycles. The van der Waals surface area contributed by atoms with E-state index in [2.05, 4.69) is 15.7 Å². The average Bonchev–Trinajstić information content (AvgIpc) is 3.16. The van der Waals surface area contributed by atoms with E-state index in [1.807, 2.05) is 6.07 Å². The van der Waals surface area contributed by atoms with Crippen LogP contribution in [0.5, 0.6) is 0 Å². The maximum absolute atomic E-state index is 12.5. The molecule has 2 aromatic carbocycles. The predicted molar refractivity (Wildman–Crippen MR) is 117 cm³/mol. The number of carbonyl (C=O) groups excluding carboxylic acids is 3. The summed E-state index contributed by atoms with van der Waals surface area (Å²) in [5.41, 5.74) is 0.900. The van der Waals surface area contributed by atoms with E-state index in [4.69, 9.17) is 27.9 Å². The number of hydrogen-bond acceptors (Lipinski definition) is 5. The van der Waals surface area contributed by atoms with Crippen LogP contribution < -0.4 is 10.6 Å². The number of carbonyl (C=O) groups is 3. The zero-order valence-electron chi connectivity index (χ0n) is 16.4. The van der Waals surface area contributed by atoms with Gasteiger partial charge in [-0.2, -0.15) is 5.10 Å². The summed E-state index contributed by atoms with van der Waals surface area (Å²) in [6.07, 6.45) is 1.31. The summed E-state index contributed by atoms with van der Waals surface area (Å²) >= 11 is 11.9. The molecule has 31 heavy (non-hydrogen) atoms. The topological polar surface area (TPSA) is 102 Å². The second-order valence-corrected chi connectivity index (χ2v) is 7.07. The highest BCUT2D eigenvalue weighted by Gasteiger charge is 2.22. The van der Waals surface area contributed by atoms with Crippen molar-refractivity contribution in [1.82, 2.24) is 15.1 Å². The minimum Gasteiger partial charge on any atom is -0.462 e. The standard InChI is InChI=1S/C21H18Cl2N4O4/c1-2-31-21(30)16-11-25-27(14-6-4-3-5-7-14)19(16)26-18(28)12-24-20(29)15-9-8-13(22)10-17(15)23/h3-11H,2,12H2,1H3,(H,24,29)(H,26,28). The fourth-order valence-electron chi connectivity index (χ4n) is 2.70. The number of aromatic nitrogens is 2. The van der Waals surface area contributed by atoms with Crippen molar-refractivity contribution in [2.75, 3.05) is 18.5 Å². The van der Waals surface area contributed by atoms with Gasteiger partial charge in [-0.1, -0.05) is 41.4 Å². The molecule has 8 nitrogen and oxygen atoms in total. The van der Waals surface area contributed by atoms with Crippen LogP contribution in [-0.4, -0.2) is 40.7 Å². The molecule has 1 aromatic heterocycles. The average molecular weight is 461 g/mol. The van der Waals surface area contributed by atoms with E-state index in [9.17, 15) is 14.4 Å². The fourth-order valence-corrected chi connectivity index (χ4v) is 3.19. The van der Waals surface area contributed by atoms with Gasteiger partial charge in [-0.3, -0.25) is 9.59 Å². The van der Waals surface area contributed by atoms with Gasteiger partial charge < -0.3 is 15.4 Å². The van der Waals surface area contributed by atoms with Gasteiger partial charge in [0.1, 0.15) is 5.56 Å². The number of nitrogens with zero attached hydrogens (tertiary/aromatic N) is 2. The normalized spacial score (nSPS) is 10.4. The van der Waals surface area contributed by atoms with Crippen molar-refractivity contribution in [3.05, 3.63) is 75.9 Å². The van der Waals surface area contributed by atoms with E-state index < -0.39 is 17.8 Å². The number of hydrogen-bond donors (Lipinski definition) is 2. The number of para-hydroxylation sites is 1. The highest BCUT2D eigenvalue weighted by Crippen LogP contribution is 2.22. The molecule has 0 radical (unpaired) electrons. The molecule has 1 heterocycles. The first-order valence-electron chi connectivity index (χ1n) is 9.24. The Morgan fingerprint density at radius 2 is 1.81 bits per heavy atom. The first kappa shape index (κ1) is 22.3.